The molecule has 1 amide bonds. The number of hydrogen-bond donors (Lipinski definition) is 2. The fraction of sp³-hybridized carbons (Fsp3) is 0.889. The highest BCUT2D eigenvalue weighted by molar-refractivity contribution is 5.75. The van der Waals surface area contributed by atoms with Crippen molar-refractivity contribution in [2.45, 2.75) is 25.7 Å². The molecule has 4 nitrogen and oxygen atoms in total. The molecule has 0 atom stereocenters. The zero-order chi connectivity index (χ0) is 9.68. The fourth-order valence-electron chi connectivity index (χ4n) is 1.76. The number of hydrogen-bond acceptors (Lipinski definition) is 3. The molecule has 3 N–H and O–H groups in total. The first-order valence-electron chi connectivity index (χ1n) is 4.90. The highest BCUT2D eigenvalue weighted by atomic mass is 16.2. The smallest absolute Gasteiger partial charge is 0.233 e. The second-order valence-corrected chi connectivity index (χ2v) is 3.85. The molecular weight excluding hydrogens is 166 g/mol. The van der Waals surface area contributed by atoms with E-state index in [1.807, 2.05) is 0 Å². The van der Waals surface area contributed by atoms with Crippen LogP contribution in [0, 0.1) is 5.92 Å². The van der Waals surface area contributed by atoms with Gasteiger partial charge in [-0.05, 0) is 45.3 Å². The quantitative estimate of drug-likeness (QED) is 0.372. The molecule has 0 aromatic carbocycles. The van der Waals surface area contributed by atoms with E-state index < -0.39 is 0 Å². The number of amides is 1. The Kier molecular flexibility index (Phi) is 4.18. The van der Waals surface area contributed by atoms with Gasteiger partial charge in [0.1, 0.15) is 0 Å². The standard InChI is InChI=1S/C9H19N3O/c1-12-6-4-8(5-7-12)2-3-9(13)11-10/h8H,2-7,10H2,1H3,(H,11,13). The van der Waals surface area contributed by atoms with Crippen LogP contribution in [0.5, 0.6) is 0 Å². The molecule has 1 aliphatic rings. The molecule has 1 saturated heterocycles. The molecule has 13 heavy (non-hydrogen) atoms. The van der Waals surface area contributed by atoms with Crippen LogP contribution in [0.15, 0.2) is 0 Å². The number of carbonyl (C=O) groups excluding carboxylic acids is 1. The lowest BCUT2D eigenvalue weighted by molar-refractivity contribution is -0.121. The van der Waals surface area contributed by atoms with Gasteiger partial charge in [0.2, 0.25) is 5.91 Å². The number of nitrogens with one attached hydrogen (secondary N) is 1. The van der Waals surface area contributed by atoms with Gasteiger partial charge in [0.15, 0.2) is 0 Å². The molecule has 76 valence electrons. The molecule has 0 unspecified atom stereocenters. The first kappa shape index (κ1) is 10.5. The molecule has 0 saturated carbocycles. The molecule has 0 aromatic heterocycles. The third-order valence-electron chi connectivity index (χ3n) is 2.78. The third kappa shape index (κ3) is 3.74. The Morgan fingerprint density at radius 2 is 2.15 bits per heavy atom. The second kappa shape index (κ2) is 5.19. The van der Waals surface area contributed by atoms with Crippen molar-refractivity contribution in [1.82, 2.24) is 10.3 Å². The molecule has 1 heterocycles. The van der Waals surface area contributed by atoms with E-state index in [1.54, 1.807) is 0 Å². The van der Waals surface area contributed by atoms with Crippen LogP contribution in [-0.2, 0) is 4.79 Å². The van der Waals surface area contributed by atoms with E-state index in [4.69, 9.17) is 5.84 Å². The molecular formula is C9H19N3O. The summed E-state index contributed by atoms with van der Waals surface area (Å²) in [5, 5.41) is 0. The van der Waals surface area contributed by atoms with Crippen LogP contribution in [0.3, 0.4) is 0 Å². The number of hydrazine groups is 1. The van der Waals surface area contributed by atoms with Crippen molar-refractivity contribution in [3.05, 3.63) is 0 Å². The summed E-state index contributed by atoms with van der Waals surface area (Å²) in [7, 11) is 2.14. The average molecular weight is 185 g/mol. The number of piperidine rings is 1. The lowest BCUT2D eigenvalue weighted by atomic mass is 9.92. The van der Waals surface area contributed by atoms with Gasteiger partial charge in [-0.3, -0.25) is 10.2 Å². The van der Waals surface area contributed by atoms with Gasteiger partial charge in [0.25, 0.3) is 0 Å². The number of rotatable bonds is 3. The zero-order valence-corrected chi connectivity index (χ0v) is 8.25. The molecule has 4 heteroatoms. The van der Waals surface area contributed by atoms with Crippen LogP contribution >= 0.6 is 0 Å². The molecule has 0 bridgehead atoms. The topological polar surface area (TPSA) is 58.4 Å². The van der Waals surface area contributed by atoms with Crippen molar-refractivity contribution in [3.8, 4) is 0 Å². The van der Waals surface area contributed by atoms with Gasteiger partial charge in [0.05, 0.1) is 0 Å². The Hall–Kier alpha value is -0.610. The van der Waals surface area contributed by atoms with E-state index in [-0.39, 0.29) is 5.91 Å². The third-order valence-corrected chi connectivity index (χ3v) is 2.78. The van der Waals surface area contributed by atoms with E-state index in [2.05, 4.69) is 17.4 Å². The SMILES string of the molecule is CN1CCC(CCC(=O)NN)CC1. The Morgan fingerprint density at radius 3 is 2.69 bits per heavy atom. The summed E-state index contributed by atoms with van der Waals surface area (Å²) >= 11 is 0. The molecule has 0 aliphatic carbocycles. The summed E-state index contributed by atoms with van der Waals surface area (Å²) < 4.78 is 0. The molecule has 0 aromatic rings. The first-order valence-corrected chi connectivity index (χ1v) is 4.90. The molecule has 0 spiro atoms. The van der Waals surface area contributed by atoms with Crippen molar-refractivity contribution in [2.75, 3.05) is 20.1 Å². The lowest BCUT2D eigenvalue weighted by Crippen LogP contribution is -2.32. The normalized spacial score (nSPS) is 20.2. The summed E-state index contributed by atoms with van der Waals surface area (Å²) in [4.78, 5) is 13.2. The van der Waals surface area contributed by atoms with Gasteiger partial charge in [-0.1, -0.05) is 0 Å². The molecule has 0 radical (unpaired) electrons. The van der Waals surface area contributed by atoms with Gasteiger partial charge in [0, 0.05) is 6.42 Å². The maximum Gasteiger partial charge on any atom is 0.233 e. The zero-order valence-electron chi connectivity index (χ0n) is 8.25. The Balaban J connectivity index is 2.12. The van der Waals surface area contributed by atoms with Crippen LogP contribution in [-0.4, -0.2) is 30.9 Å². The van der Waals surface area contributed by atoms with Gasteiger partial charge >= 0.3 is 0 Å². The maximum absolute atomic E-state index is 10.9. The minimum absolute atomic E-state index is 0.0427. The monoisotopic (exact) mass is 185 g/mol. The lowest BCUT2D eigenvalue weighted by Gasteiger charge is -2.28. The van der Waals surface area contributed by atoms with E-state index in [1.165, 1.54) is 12.8 Å². The second-order valence-electron chi connectivity index (χ2n) is 3.85. The fourth-order valence-corrected chi connectivity index (χ4v) is 1.76. The Labute approximate surface area is 79.4 Å². The summed E-state index contributed by atoms with van der Waals surface area (Å²) in [6.45, 7) is 2.32. The number of likely N-dealkylation sites (tertiary alicyclic amines) is 1. The highest BCUT2D eigenvalue weighted by Crippen LogP contribution is 2.20. The first-order chi connectivity index (χ1) is 6.22. The van der Waals surface area contributed by atoms with E-state index >= 15 is 0 Å². The van der Waals surface area contributed by atoms with Crippen LogP contribution in [0.1, 0.15) is 25.7 Å². The van der Waals surface area contributed by atoms with Crippen molar-refractivity contribution < 1.29 is 4.79 Å². The Bertz CT molecular complexity index is 164. The minimum atomic E-state index is -0.0427. The molecule has 1 aliphatic heterocycles. The van der Waals surface area contributed by atoms with E-state index in [9.17, 15) is 4.79 Å². The number of nitrogens with two attached hydrogens (primary N) is 1. The van der Waals surface area contributed by atoms with Crippen LogP contribution in [0.2, 0.25) is 0 Å². The summed E-state index contributed by atoms with van der Waals surface area (Å²) in [6, 6.07) is 0. The Morgan fingerprint density at radius 1 is 1.54 bits per heavy atom. The van der Waals surface area contributed by atoms with Crippen molar-refractivity contribution in [1.29, 1.82) is 0 Å². The summed E-state index contributed by atoms with van der Waals surface area (Å²) in [6.07, 6.45) is 3.99. The summed E-state index contributed by atoms with van der Waals surface area (Å²) in [5.41, 5.74) is 2.16. The minimum Gasteiger partial charge on any atom is -0.306 e. The molecule has 1 fully saturated rings. The van der Waals surface area contributed by atoms with Gasteiger partial charge in [-0.15, -0.1) is 0 Å². The van der Waals surface area contributed by atoms with Crippen LogP contribution < -0.4 is 11.3 Å². The van der Waals surface area contributed by atoms with Crippen LogP contribution in [0.4, 0.5) is 0 Å². The van der Waals surface area contributed by atoms with E-state index in [0.717, 1.165) is 19.5 Å². The number of nitrogens with zero attached hydrogens (tertiary/aromatic N) is 1. The van der Waals surface area contributed by atoms with Crippen LogP contribution in [0.25, 0.3) is 0 Å². The van der Waals surface area contributed by atoms with Gasteiger partial charge in [-0.2, -0.15) is 0 Å². The predicted octanol–water partition coefficient (Wildman–Crippen LogP) is 0.0983. The number of carbonyl (C=O) groups is 1. The molecule has 1 rings (SSSR count). The maximum atomic E-state index is 10.9. The van der Waals surface area contributed by atoms with Crippen molar-refractivity contribution >= 4 is 5.91 Å². The van der Waals surface area contributed by atoms with Gasteiger partial charge < -0.3 is 4.90 Å². The largest absolute Gasteiger partial charge is 0.306 e. The highest BCUT2D eigenvalue weighted by Gasteiger charge is 2.16. The van der Waals surface area contributed by atoms with E-state index in [0.29, 0.717) is 12.3 Å². The van der Waals surface area contributed by atoms with Crippen molar-refractivity contribution in [3.63, 3.8) is 0 Å². The van der Waals surface area contributed by atoms with Gasteiger partial charge in [-0.25, -0.2) is 5.84 Å². The summed E-state index contributed by atoms with van der Waals surface area (Å²) in [5.74, 6) is 5.68. The average Bonchev–Trinajstić information content (AvgIpc) is 2.16. The van der Waals surface area contributed by atoms with Crippen molar-refractivity contribution in [2.24, 2.45) is 11.8 Å². The predicted molar refractivity (Wildman–Crippen MR) is 51.8 cm³/mol.